The van der Waals surface area contributed by atoms with Gasteiger partial charge in [0.25, 0.3) is 0 Å². The maximum Gasteiger partial charge on any atom is 0.328 e. The summed E-state index contributed by atoms with van der Waals surface area (Å²) in [5.74, 6) is -0.828. The van der Waals surface area contributed by atoms with Gasteiger partial charge in [-0.1, -0.05) is 0 Å². The molecule has 2 N–H and O–H groups in total. The predicted molar refractivity (Wildman–Crippen MR) is 86.3 cm³/mol. The van der Waals surface area contributed by atoms with Gasteiger partial charge in [0.05, 0.1) is 23.4 Å². The number of nitrogens with zero attached hydrogens (tertiary/aromatic N) is 3. The van der Waals surface area contributed by atoms with Crippen molar-refractivity contribution in [2.24, 2.45) is 0 Å². The largest absolute Gasteiger partial charge is 0.328 e. The minimum absolute atomic E-state index is 0.157. The van der Waals surface area contributed by atoms with Crippen molar-refractivity contribution in [1.29, 1.82) is 0 Å². The zero-order valence-electron chi connectivity index (χ0n) is 13.1. The van der Waals surface area contributed by atoms with Crippen molar-refractivity contribution in [3.8, 4) is 0 Å². The summed E-state index contributed by atoms with van der Waals surface area (Å²) in [7, 11) is 0. The molecule has 1 aromatic carbocycles. The van der Waals surface area contributed by atoms with Crippen LogP contribution in [0.3, 0.4) is 0 Å². The first kappa shape index (κ1) is 15.1. The Morgan fingerprint density at radius 1 is 1.21 bits per heavy atom. The summed E-state index contributed by atoms with van der Waals surface area (Å²) in [6, 6.07) is 2.74. The molecule has 0 radical (unpaired) electrons. The first-order valence-electron chi connectivity index (χ1n) is 8.13. The third-order valence-electron chi connectivity index (χ3n) is 4.68. The number of aromatic nitrogens is 2. The third-order valence-corrected chi connectivity index (χ3v) is 4.68. The number of hydrogen-bond donors (Lipinski definition) is 2. The highest BCUT2D eigenvalue weighted by atomic mass is 19.1. The Hall–Kier alpha value is -2.48. The summed E-state index contributed by atoms with van der Waals surface area (Å²) in [6.07, 6.45) is 3.69. The van der Waals surface area contributed by atoms with E-state index < -0.39 is 11.8 Å². The minimum atomic E-state index is -0.590. The van der Waals surface area contributed by atoms with Crippen LogP contribution < -0.4 is 15.5 Å². The number of benzene rings is 1. The highest BCUT2D eigenvalue weighted by Crippen LogP contribution is 2.33. The number of hydrogen-bond acceptors (Lipinski definition) is 4. The highest BCUT2D eigenvalue weighted by molar-refractivity contribution is 6.09. The lowest BCUT2D eigenvalue weighted by Crippen LogP contribution is -2.50. The van der Waals surface area contributed by atoms with Crippen molar-refractivity contribution in [2.75, 3.05) is 24.5 Å². The molecule has 2 fully saturated rings. The molecule has 8 heteroatoms. The second-order valence-corrected chi connectivity index (χ2v) is 6.15. The van der Waals surface area contributed by atoms with Crippen LogP contribution >= 0.6 is 0 Å². The first-order chi connectivity index (χ1) is 11.6. The summed E-state index contributed by atoms with van der Waals surface area (Å²) in [4.78, 5) is 24.7. The molecular formula is C16H18FN5O2. The van der Waals surface area contributed by atoms with Gasteiger partial charge in [-0.3, -0.25) is 19.7 Å². The van der Waals surface area contributed by atoms with E-state index in [0.717, 1.165) is 31.4 Å². The Morgan fingerprint density at radius 3 is 2.75 bits per heavy atom. The molecule has 126 valence electrons. The van der Waals surface area contributed by atoms with Crippen molar-refractivity contribution in [3.05, 3.63) is 24.1 Å². The number of carbonyl (C=O) groups is 2. The van der Waals surface area contributed by atoms with Crippen LogP contribution in [-0.2, 0) is 4.79 Å². The van der Waals surface area contributed by atoms with E-state index in [2.05, 4.69) is 15.7 Å². The molecule has 3 amide bonds. The van der Waals surface area contributed by atoms with Gasteiger partial charge in [-0.05, 0) is 38.1 Å². The van der Waals surface area contributed by atoms with E-state index in [4.69, 9.17) is 0 Å². The van der Waals surface area contributed by atoms with Gasteiger partial charge in [-0.25, -0.2) is 9.18 Å². The van der Waals surface area contributed by atoms with Gasteiger partial charge >= 0.3 is 6.03 Å². The SMILES string of the molecule is O=C1CCN(c2c(F)ccc3c2cnn3C2CCNCC2)C(=O)N1. The van der Waals surface area contributed by atoms with Crippen LogP contribution in [-0.4, -0.2) is 41.4 Å². The van der Waals surface area contributed by atoms with Gasteiger partial charge < -0.3 is 5.32 Å². The van der Waals surface area contributed by atoms with Crippen molar-refractivity contribution in [2.45, 2.75) is 25.3 Å². The third kappa shape index (κ3) is 2.43. The number of carbonyl (C=O) groups excluding carboxylic acids is 2. The quantitative estimate of drug-likeness (QED) is 0.875. The van der Waals surface area contributed by atoms with Crippen LogP contribution in [0.4, 0.5) is 14.9 Å². The molecular weight excluding hydrogens is 313 g/mol. The standard InChI is InChI=1S/C16H18FN5O2/c17-12-1-2-13-11(9-19-22(13)10-3-6-18-7-4-10)15(12)21-8-5-14(23)20-16(21)24/h1-2,9-10,18H,3-8H2,(H,20,23,24). The Morgan fingerprint density at radius 2 is 2.00 bits per heavy atom. The molecule has 7 nitrogen and oxygen atoms in total. The minimum Gasteiger partial charge on any atom is -0.317 e. The number of anilines is 1. The topological polar surface area (TPSA) is 79.3 Å². The number of piperidine rings is 1. The molecule has 24 heavy (non-hydrogen) atoms. The summed E-state index contributed by atoms with van der Waals surface area (Å²) >= 11 is 0. The van der Waals surface area contributed by atoms with E-state index in [0.29, 0.717) is 5.39 Å². The fraction of sp³-hybridized carbons (Fsp3) is 0.438. The number of imide groups is 1. The summed E-state index contributed by atoms with van der Waals surface area (Å²) in [6.45, 7) is 2.02. The van der Waals surface area contributed by atoms with E-state index in [9.17, 15) is 14.0 Å². The van der Waals surface area contributed by atoms with Crippen LogP contribution in [0.25, 0.3) is 10.9 Å². The zero-order chi connectivity index (χ0) is 16.7. The molecule has 0 saturated carbocycles. The van der Waals surface area contributed by atoms with Crippen LogP contribution in [0, 0.1) is 5.82 Å². The van der Waals surface area contributed by atoms with Gasteiger partial charge in [0.2, 0.25) is 5.91 Å². The van der Waals surface area contributed by atoms with Gasteiger partial charge in [-0.15, -0.1) is 0 Å². The Labute approximate surface area is 137 Å². The zero-order valence-corrected chi connectivity index (χ0v) is 13.1. The van der Waals surface area contributed by atoms with Crippen LogP contribution in [0.2, 0.25) is 0 Å². The summed E-state index contributed by atoms with van der Waals surface area (Å²) in [5.41, 5.74) is 1.00. The lowest BCUT2D eigenvalue weighted by atomic mass is 10.1. The fourth-order valence-corrected chi connectivity index (χ4v) is 3.47. The predicted octanol–water partition coefficient (Wildman–Crippen LogP) is 1.55. The van der Waals surface area contributed by atoms with Gasteiger partial charge in [0.1, 0.15) is 5.82 Å². The molecule has 0 atom stereocenters. The summed E-state index contributed by atoms with van der Waals surface area (Å²) in [5, 5.41) is 10.6. The van der Waals surface area contributed by atoms with Crippen LogP contribution in [0.5, 0.6) is 0 Å². The van der Waals surface area contributed by atoms with E-state index >= 15 is 0 Å². The fourth-order valence-electron chi connectivity index (χ4n) is 3.47. The first-order valence-corrected chi connectivity index (χ1v) is 8.13. The molecule has 2 aromatic rings. The Kier molecular flexibility index (Phi) is 3.68. The normalized spacial score (nSPS) is 19.8. The number of urea groups is 1. The van der Waals surface area contributed by atoms with E-state index in [-0.39, 0.29) is 30.6 Å². The molecule has 0 unspecified atom stereocenters. The summed E-state index contributed by atoms with van der Waals surface area (Å²) < 4.78 is 16.4. The van der Waals surface area contributed by atoms with Crippen molar-refractivity contribution in [3.63, 3.8) is 0 Å². The van der Waals surface area contributed by atoms with Crippen molar-refractivity contribution >= 4 is 28.5 Å². The second kappa shape index (κ2) is 5.86. The van der Waals surface area contributed by atoms with E-state index in [1.54, 1.807) is 12.3 Å². The highest BCUT2D eigenvalue weighted by Gasteiger charge is 2.29. The smallest absolute Gasteiger partial charge is 0.317 e. The van der Waals surface area contributed by atoms with Crippen molar-refractivity contribution in [1.82, 2.24) is 20.4 Å². The number of rotatable bonds is 2. The van der Waals surface area contributed by atoms with Gasteiger partial charge in [0, 0.05) is 18.4 Å². The number of fused-ring (bicyclic) bond motifs is 1. The van der Waals surface area contributed by atoms with Gasteiger partial charge in [0.15, 0.2) is 0 Å². The average Bonchev–Trinajstić information content (AvgIpc) is 3.00. The number of nitrogens with one attached hydrogen (secondary N) is 2. The maximum atomic E-state index is 14.5. The molecule has 2 aliphatic rings. The van der Waals surface area contributed by atoms with E-state index in [1.165, 1.54) is 11.0 Å². The second-order valence-electron chi connectivity index (χ2n) is 6.15. The number of amides is 3. The molecule has 0 bridgehead atoms. The molecule has 2 saturated heterocycles. The average molecular weight is 331 g/mol. The van der Waals surface area contributed by atoms with Gasteiger partial charge in [-0.2, -0.15) is 5.10 Å². The lowest BCUT2D eigenvalue weighted by molar-refractivity contribution is -0.120. The molecule has 0 spiro atoms. The molecule has 2 aliphatic heterocycles. The Bertz CT molecular complexity index is 812. The monoisotopic (exact) mass is 331 g/mol. The number of halogens is 1. The van der Waals surface area contributed by atoms with Crippen LogP contribution in [0.1, 0.15) is 25.3 Å². The molecule has 0 aliphatic carbocycles. The lowest BCUT2D eigenvalue weighted by Gasteiger charge is -2.27. The van der Waals surface area contributed by atoms with E-state index in [1.807, 2.05) is 4.68 Å². The molecule has 4 rings (SSSR count). The maximum absolute atomic E-state index is 14.5. The Balaban J connectivity index is 1.78. The molecule has 1 aromatic heterocycles. The molecule has 3 heterocycles. The van der Waals surface area contributed by atoms with Crippen molar-refractivity contribution < 1.29 is 14.0 Å². The van der Waals surface area contributed by atoms with Crippen LogP contribution in [0.15, 0.2) is 18.3 Å².